The predicted octanol–water partition coefficient (Wildman–Crippen LogP) is 0.732. The van der Waals surface area contributed by atoms with Crippen LogP contribution in [0.3, 0.4) is 0 Å². The number of rotatable bonds is 1. The molecule has 0 saturated carbocycles. The van der Waals surface area contributed by atoms with Gasteiger partial charge in [-0.25, -0.2) is 0 Å². The SMILES string of the molecule is CCN1C(=O)C=CC1=S. The summed E-state index contributed by atoms with van der Waals surface area (Å²) >= 11 is 4.83. The van der Waals surface area contributed by atoms with E-state index < -0.39 is 0 Å². The standard InChI is InChI=1S/C6H7NOS/c1-2-7-5(8)3-4-6(7)9/h3-4H,2H2,1H3. The quantitative estimate of drug-likeness (QED) is 0.502. The number of amides is 1. The van der Waals surface area contributed by atoms with Crippen LogP contribution in [0.1, 0.15) is 6.92 Å². The van der Waals surface area contributed by atoms with Gasteiger partial charge in [-0.1, -0.05) is 12.2 Å². The van der Waals surface area contributed by atoms with Gasteiger partial charge in [0.05, 0.1) is 0 Å². The molecule has 48 valence electrons. The van der Waals surface area contributed by atoms with Gasteiger partial charge in [0.1, 0.15) is 4.99 Å². The average molecular weight is 141 g/mol. The van der Waals surface area contributed by atoms with Gasteiger partial charge in [0, 0.05) is 12.6 Å². The molecule has 1 amide bonds. The highest BCUT2D eigenvalue weighted by Crippen LogP contribution is 2.03. The van der Waals surface area contributed by atoms with E-state index in [2.05, 4.69) is 0 Å². The Morgan fingerprint density at radius 2 is 2.33 bits per heavy atom. The maximum atomic E-state index is 10.8. The van der Waals surface area contributed by atoms with Gasteiger partial charge in [-0.2, -0.15) is 0 Å². The molecule has 0 aromatic carbocycles. The lowest BCUT2D eigenvalue weighted by atomic mass is 10.6. The molecule has 0 saturated heterocycles. The molecular weight excluding hydrogens is 134 g/mol. The van der Waals surface area contributed by atoms with Gasteiger partial charge in [-0.05, 0) is 13.0 Å². The first kappa shape index (κ1) is 6.42. The molecule has 1 aliphatic heterocycles. The summed E-state index contributed by atoms with van der Waals surface area (Å²) in [5.74, 6) is 0.00231. The molecule has 0 unspecified atom stereocenters. The number of nitrogens with zero attached hydrogens (tertiary/aromatic N) is 1. The molecule has 0 fully saturated rings. The zero-order valence-corrected chi connectivity index (χ0v) is 5.94. The second-order valence-corrected chi connectivity index (χ2v) is 2.17. The van der Waals surface area contributed by atoms with Gasteiger partial charge in [0.15, 0.2) is 0 Å². The fourth-order valence-corrected chi connectivity index (χ4v) is 1.03. The Labute approximate surface area is 59.1 Å². The summed E-state index contributed by atoms with van der Waals surface area (Å²) in [5, 5.41) is 0. The lowest BCUT2D eigenvalue weighted by Gasteiger charge is -2.11. The minimum absolute atomic E-state index is 0.00231. The molecule has 0 spiro atoms. The highest BCUT2D eigenvalue weighted by atomic mass is 32.1. The van der Waals surface area contributed by atoms with Crippen molar-refractivity contribution in [1.29, 1.82) is 0 Å². The minimum Gasteiger partial charge on any atom is -0.300 e. The highest BCUT2D eigenvalue weighted by Gasteiger charge is 2.16. The maximum absolute atomic E-state index is 10.8. The van der Waals surface area contributed by atoms with Crippen molar-refractivity contribution in [2.75, 3.05) is 6.54 Å². The van der Waals surface area contributed by atoms with Crippen LogP contribution in [-0.2, 0) is 4.79 Å². The van der Waals surface area contributed by atoms with Gasteiger partial charge < -0.3 is 0 Å². The second-order valence-electron chi connectivity index (χ2n) is 1.75. The molecule has 0 aliphatic carbocycles. The number of likely N-dealkylation sites (N-methyl/N-ethyl adjacent to an activating group) is 1. The number of hydrogen-bond acceptors (Lipinski definition) is 2. The van der Waals surface area contributed by atoms with E-state index in [1.54, 1.807) is 11.0 Å². The monoisotopic (exact) mass is 141 g/mol. The van der Waals surface area contributed by atoms with Crippen molar-refractivity contribution >= 4 is 23.1 Å². The van der Waals surface area contributed by atoms with Crippen LogP contribution in [0.25, 0.3) is 0 Å². The van der Waals surface area contributed by atoms with E-state index in [0.29, 0.717) is 11.5 Å². The lowest BCUT2D eigenvalue weighted by molar-refractivity contribution is -0.121. The van der Waals surface area contributed by atoms with E-state index in [9.17, 15) is 4.79 Å². The van der Waals surface area contributed by atoms with E-state index in [1.165, 1.54) is 6.08 Å². The molecule has 0 N–H and O–H groups in total. The van der Waals surface area contributed by atoms with E-state index in [1.807, 2.05) is 6.92 Å². The smallest absolute Gasteiger partial charge is 0.251 e. The van der Waals surface area contributed by atoms with Crippen LogP contribution in [0.5, 0.6) is 0 Å². The molecule has 0 aromatic rings. The average Bonchev–Trinajstić information content (AvgIpc) is 2.12. The molecule has 1 aliphatic rings. The summed E-state index contributed by atoms with van der Waals surface area (Å²) < 4.78 is 0. The fourth-order valence-electron chi connectivity index (χ4n) is 0.743. The molecule has 2 nitrogen and oxygen atoms in total. The predicted molar refractivity (Wildman–Crippen MR) is 39.1 cm³/mol. The number of hydrogen-bond donors (Lipinski definition) is 0. The van der Waals surface area contributed by atoms with Crippen LogP contribution in [-0.4, -0.2) is 22.3 Å². The Balaban J connectivity index is 2.75. The third kappa shape index (κ3) is 1.00. The van der Waals surface area contributed by atoms with Crippen molar-refractivity contribution in [3.63, 3.8) is 0 Å². The third-order valence-electron chi connectivity index (χ3n) is 1.22. The normalized spacial score (nSPS) is 17.7. The lowest BCUT2D eigenvalue weighted by Crippen LogP contribution is -2.28. The summed E-state index contributed by atoms with van der Waals surface area (Å²) in [7, 11) is 0. The van der Waals surface area contributed by atoms with Crippen LogP contribution in [0, 0.1) is 0 Å². The summed E-state index contributed by atoms with van der Waals surface area (Å²) in [6.45, 7) is 2.57. The molecular formula is C6H7NOS. The highest BCUT2D eigenvalue weighted by molar-refractivity contribution is 7.80. The molecule has 9 heavy (non-hydrogen) atoms. The summed E-state index contributed by atoms with van der Waals surface area (Å²) in [4.78, 5) is 12.9. The van der Waals surface area contributed by atoms with Gasteiger partial charge in [0.25, 0.3) is 5.91 Å². The van der Waals surface area contributed by atoms with Crippen molar-refractivity contribution in [2.24, 2.45) is 0 Å². The minimum atomic E-state index is 0.00231. The van der Waals surface area contributed by atoms with Crippen molar-refractivity contribution in [3.8, 4) is 0 Å². The Morgan fingerprint density at radius 1 is 1.67 bits per heavy atom. The summed E-state index contributed by atoms with van der Waals surface area (Å²) in [5.41, 5.74) is 0. The largest absolute Gasteiger partial charge is 0.300 e. The summed E-state index contributed by atoms with van der Waals surface area (Å²) in [6, 6.07) is 0. The number of carbonyl (C=O) groups excluding carboxylic acids is 1. The maximum Gasteiger partial charge on any atom is 0.251 e. The fraction of sp³-hybridized carbons (Fsp3) is 0.333. The number of carbonyl (C=O) groups is 1. The van der Waals surface area contributed by atoms with Crippen molar-refractivity contribution in [2.45, 2.75) is 6.92 Å². The first-order chi connectivity index (χ1) is 4.25. The number of thiocarbonyl (C=S) groups is 1. The first-order valence-electron chi connectivity index (χ1n) is 2.79. The van der Waals surface area contributed by atoms with Gasteiger partial charge in [0.2, 0.25) is 0 Å². The molecule has 0 bridgehead atoms. The van der Waals surface area contributed by atoms with Crippen molar-refractivity contribution in [3.05, 3.63) is 12.2 Å². The van der Waals surface area contributed by atoms with Crippen molar-refractivity contribution in [1.82, 2.24) is 4.90 Å². The Morgan fingerprint density at radius 3 is 2.56 bits per heavy atom. The zero-order chi connectivity index (χ0) is 6.85. The molecule has 1 heterocycles. The van der Waals surface area contributed by atoms with E-state index >= 15 is 0 Å². The van der Waals surface area contributed by atoms with Crippen LogP contribution in [0.4, 0.5) is 0 Å². The van der Waals surface area contributed by atoms with Crippen LogP contribution in [0.15, 0.2) is 12.2 Å². The van der Waals surface area contributed by atoms with Crippen LogP contribution < -0.4 is 0 Å². The van der Waals surface area contributed by atoms with Gasteiger partial charge in [-0.3, -0.25) is 9.69 Å². The van der Waals surface area contributed by atoms with E-state index in [0.717, 1.165) is 0 Å². The Hall–Kier alpha value is -0.700. The summed E-state index contributed by atoms with van der Waals surface area (Å²) in [6.07, 6.45) is 3.15. The van der Waals surface area contributed by atoms with Gasteiger partial charge >= 0.3 is 0 Å². The third-order valence-corrected chi connectivity index (χ3v) is 1.57. The molecule has 3 heteroatoms. The molecule has 0 radical (unpaired) electrons. The van der Waals surface area contributed by atoms with E-state index in [4.69, 9.17) is 12.2 Å². The Kier molecular flexibility index (Phi) is 1.62. The Bertz CT molecular complexity index is 167. The van der Waals surface area contributed by atoms with E-state index in [-0.39, 0.29) is 5.91 Å². The first-order valence-corrected chi connectivity index (χ1v) is 3.20. The topological polar surface area (TPSA) is 20.3 Å². The van der Waals surface area contributed by atoms with Crippen molar-refractivity contribution < 1.29 is 4.79 Å². The molecule has 1 rings (SSSR count). The molecule has 0 atom stereocenters. The zero-order valence-electron chi connectivity index (χ0n) is 5.13. The molecule has 0 aromatic heterocycles. The van der Waals surface area contributed by atoms with Crippen LogP contribution >= 0.6 is 12.2 Å². The second kappa shape index (κ2) is 2.27. The van der Waals surface area contributed by atoms with Gasteiger partial charge in [-0.15, -0.1) is 0 Å². The van der Waals surface area contributed by atoms with Crippen LogP contribution in [0.2, 0.25) is 0 Å².